The molecule has 0 aromatic carbocycles. The van der Waals surface area contributed by atoms with Gasteiger partial charge in [-0.3, -0.25) is 0 Å². The van der Waals surface area contributed by atoms with Crippen molar-refractivity contribution in [3.63, 3.8) is 0 Å². The van der Waals surface area contributed by atoms with E-state index in [1.165, 1.54) is 57.8 Å². The van der Waals surface area contributed by atoms with Gasteiger partial charge in [0.2, 0.25) is 0 Å². The molecule has 4 aliphatic carbocycles. The molecule has 4 aliphatic rings. The Balaban J connectivity index is 1.38. The molecule has 3 saturated carbocycles. The van der Waals surface area contributed by atoms with Crippen LogP contribution in [-0.4, -0.2) is 22.4 Å². The molecule has 0 radical (unpaired) electrons. The average molecular weight is 375 g/mol. The van der Waals surface area contributed by atoms with Crippen LogP contribution in [0.1, 0.15) is 97.3 Å². The molecule has 4 rings (SSSR count). The van der Waals surface area contributed by atoms with Gasteiger partial charge in [0.05, 0.1) is 12.2 Å². The van der Waals surface area contributed by atoms with Gasteiger partial charge in [-0.05, 0) is 106 Å². The Morgan fingerprint density at radius 2 is 1.96 bits per heavy atom. The number of rotatable bonds is 6. The van der Waals surface area contributed by atoms with Crippen LogP contribution in [0, 0.1) is 35.0 Å². The number of hydrogen-bond acceptors (Lipinski definition) is 2. The van der Waals surface area contributed by atoms with Gasteiger partial charge >= 0.3 is 0 Å². The first kappa shape index (κ1) is 20.0. The van der Waals surface area contributed by atoms with Gasteiger partial charge in [-0.25, -0.2) is 0 Å². The van der Waals surface area contributed by atoms with E-state index in [9.17, 15) is 10.2 Å². The third kappa shape index (κ3) is 3.78. The first-order valence-corrected chi connectivity index (χ1v) is 12.1. The third-order valence-corrected chi connectivity index (χ3v) is 9.43. The van der Waals surface area contributed by atoms with Crippen molar-refractivity contribution in [3.05, 3.63) is 11.6 Å². The van der Waals surface area contributed by atoms with Crippen LogP contribution in [0.3, 0.4) is 0 Å². The average Bonchev–Trinajstić information content (AvgIpc) is 3.01. The molecule has 8 unspecified atom stereocenters. The minimum atomic E-state index is -0.0791. The van der Waals surface area contributed by atoms with Gasteiger partial charge in [0.25, 0.3) is 0 Å². The highest BCUT2D eigenvalue weighted by molar-refractivity contribution is 5.20. The van der Waals surface area contributed by atoms with Crippen LogP contribution in [0.25, 0.3) is 0 Å². The van der Waals surface area contributed by atoms with Gasteiger partial charge in [0, 0.05) is 0 Å². The minimum absolute atomic E-state index is 0.0695. The minimum Gasteiger partial charge on any atom is -0.393 e. The lowest BCUT2D eigenvalue weighted by Crippen LogP contribution is -2.46. The molecule has 154 valence electrons. The lowest BCUT2D eigenvalue weighted by Gasteiger charge is -2.54. The van der Waals surface area contributed by atoms with E-state index in [0.717, 1.165) is 55.3 Å². The second-order valence-corrected chi connectivity index (χ2v) is 10.7. The Bertz CT molecular complexity index is 540. The zero-order chi connectivity index (χ0) is 19.0. The summed E-state index contributed by atoms with van der Waals surface area (Å²) in [5.41, 5.74) is 2.19. The Morgan fingerprint density at radius 3 is 2.78 bits per heavy atom. The molecule has 0 aromatic heterocycles. The molecule has 0 saturated heterocycles. The number of hydrogen-bond donors (Lipinski definition) is 2. The van der Waals surface area contributed by atoms with E-state index in [1.807, 2.05) is 0 Å². The second-order valence-electron chi connectivity index (χ2n) is 10.7. The van der Waals surface area contributed by atoms with E-state index in [2.05, 4.69) is 19.9 Å². The van der Waals surface area contributed by atoms with Crippen molar-refractivity contribution in [2.45, 2.75) is 110 Å². The number of fused-ring (bicyclic) bond motifs is 5. The van der Waals surface area contributed by atoms with Crippen molar-refractivity contribution >= 4 is 0 Å². The van der Waals surface area contributed by atoms with Crippen LogP contribution in [-0.2, 0) is 0 Å². The largest absolute Gasteiger partial charge is 0.393 e. The van der Waals surface area contributed by atoms with Gasteiger partial charge in [-0.1, -0.05) is 38.3 Å². The van der Waals surface area contributed by atoms with E-state index in [4.69, 9.17) is 0 Å². The smallest absolute Gasteiger partial charge is 0.0577 e. The number of unbranched alkanes of at least 4 members (excludes halogenated alkanes) is 1. The third-order valence-electron chi connectivity index (χ3n) is 9.43. The molecule has 0 aromatic rings. The van der Waals surface area contributed by atoms with Crippen molar-refractivity contribution in [3.8, 4) is 0 Å². The van der Waals surface area contributed by atoms with Gasteiger partial charge in [-0.15, -0.1) is 0 Å². The molecule has 3 fully saturated rings. The van der Waals surface area contributed by atoms with Crippen LogP contribution in [0.15, 0.2) is 11.6 Å². The molecule has 2 heteroatoms. The molecule has 0 bridgehead atoms. The standard InChI is InChI=1S/C25H42O2/c1-3-19(26)7-5-4-6-18-9-13-24-23-11-8-17-16-20(27)10-12-21(17)22(23)14-15-25(18,24)2/h8,18-24,26-27H,3-7,9-16H2,1-2H3. The van der Waals surface area contributed by atoms with Crippen LogP contribution in [0.2, 0.25) is 0 Å². The van der Waals surface area contributed by atoms with E-state index in [-0.39, 0.29) is 12.2 Å². The molecule has 0 amide bonds. The number of aliphatic hydroxyl groups is 2. The summed E-state index contributed by atoms with van der Waals surface area (Å²) >= 11 is 0. The molecule has 2 N–H and O–H groups in total. The Morgan fingerprint density at radius 1 is 1.11 bits per heavy atom. The molecule has 8 atom stereocenters. The molecule has 0 aliphatic heterocycles. The molecule has 0 heterocycles. The highest BCUT2D eigenvalue weighted by atomic mass is 16.3. The first-order chi connectivity index (χ1) is 13.0. The second kappa shape index (κ2) is 8.19. The molecular formula is C25H42O2. The Kier molecular flexibility index (Phi) is 6.05. The van der Waals surface area contributed by atoms with E-state index < -0.39 is 0 Å². The molecule has 2 nitrogen and oxygen atoms in total. The highest BCUT2D eigenvalue weighted by Crippen LogP contribution is 2.64. The maximum absolute atomic E-state index is 10.1. The van der Waals surface area contributed by atoms with Crippen LogP contribution >= 0.6 is 0 Å². The predicted octanol–water partition coefficient (Wildman–Crippen LogP) is 5.87. The van der Waals surface area contributed by atoms with Crippen LogP contribution < -0.4 is 0 Å². The van der Waals surface area contributed by atoms with Gasteiger partial charge < -0.3 is 10.2 Å². The summed E-state index contributed by atoms with van der Waals surface area (Å²) in [6, 6.07) is 0. The van der Waals surface area contributed by atoms with Crippen molar-refractivity contribution in [2.24, 2.45) is 35.0 Å². The molecule has 27 heavy (non-hydrogen) atoms. The fourth-order valence-corrected chi connectivity index (χ4v) is 7.81. The maximum atomic E-state index is 10.1. The summed E-state index contributed by atoms with van der Waals surface area (Å²) in [7, 11) is 0. The highest BCUT2D eigenvalue weighted by Gasteiger charge is 2.55. The summed E-state index contributed by atoms with van der Waals surface area (Å²) < 4.78 is 0. The lowest BCUT2D eigenvalue weighted by molar-refractivity contribution is -0.0201. The van der Waals surface area contributed by atoms with Crippen molar-refractivity contribution < 1.29 is 10.2 Å². The summed E-state index contributed by atoms with van der Waals surface area (Å²) in [6.45, 7) is 4.72. The number of aliphatic hydroxyl groups excluding tert-OH is 2. The first-order valence-electron chi connectivity index (χ1n) is 12.1. The molecule has 0 spiro atoms. The Labute approximate surface area is 166 Å². The van der Waals surface area contributed by atoms with Crippen molar-refractivity contribution in [2.75, 3.05) is 0 Å². The van der Waals surface area contributed by atoms with E-state index in [0.29, 0.717) is 5.41 Å². The fraction of sp³-hybridized carbons (Fsp3) is 0.920. The number of allylic oxidation sites excluding steroid dienone is 1. The van der Waals surface area contributed by atoms with Gasteiger partial charge in [0.15, 0.2) is 0 Å². The molecular weight excluding hydrogens is 332 g/mol. The van der Waals surface area contributed by atoms with Gasteiger partial charge in [-0.2, -0.15) is 0 Å². The maximum Gasteiger partial charge on any atom is 0.0577 e. The fourth-order valence-electron chi connectivity index (χ4n) is 7.81. The Hall–Kier alpha value is -0.340. The summed E-state index contributed by atoms with van der Waals surface area (Å²) in [5.74, 6) is 4.48. The van der Waals surface area contributed by atoms with Crippen LogP contribution in [0.4, 0.5) is 0 Å². The monoisotopic (exact) mass is 374 g/mol. The summed E-state index contributed by atoms with van der Waals surface area (Å²) in [4.78, 5) is 0. The quantitative estimate of drug-likeness (QED) is 0.451. The zero-order valence-corrected chi connectivity index (χ0v) is 17.7. The topological polar surface area (TPSA) is 40.5 Å². The summed E-state index contributed by atoms with van der Waals surface area (Å²) in [5, 5.41) is 19.9. The predicted molar refractivity (Wildman–Crippen MR) is 111 cm³/mol. The van der Waals surface area contributed by atoms with Crippen molar-refractivity contribution in [1.29, 1.82) is 0 Å². The normalized spacial score (nSPS) is 44.8. The lowest BCUT2D eigenvalue weighted by atomic mass is 9.51. The van der Waals surface area contributed by atoms with Crippen molar-refractivity contribution in [1.82, 2.24) is 0 Å². The van der Waals surface area contributed by atoms with Crippen LogP contribution in [0.5, 0.6) is 0 Å². The van der Waals surface area contributed by atoms with Gasteiger partial charge in [0.1, 0.15) is 0 Å². The van der Waals surface area contributed by atoms with E-state index >= 15 is 0 Å². The zero-order valence-electron chi connectivity index (χ0n) is 17.7. The SMILES string of the molecule is CCC(O)CCCCC1CCC2C3CC=C4CC(O)CCC4C3CCC12C. The summed E-state index contributed by atoms with van der Waals surface area (Å²) in [6.07, 6.45) is 18.5. The van der Waals surface area contributed by atoms with E-state index in [1.54, 1.807) is 5.57 Å².